The Kier molecular flexibility index (Phi) is 4.05. The number of para-hydroxylation sites is 2. The molecule has 1 aromatic heterocycles. The first-order chi connectivity index (χ1) is 10.8. The third-order valence-corrected chi connectivity index (χ3v) is 3.66. The van der Waals surface area contributed by atoms with Crippen molar-refractivity contribution >= 4 is 11.9 Å². The Hall–Kier alpha value is -2.81. The maximum absolute atomic E-state index is 4.33. The fourth-order valence-electron chi connectivity index (χ4n) is 2.58. The number of aryl methyl sites for hydroxylation is 1. The molecule has 3 aromatic rings. The summed E-state index contributed by atoms with van der Waals surface area (Å²) in [4.78, 5) is 0. The van der Waals surface area contributed by atoms with E-state index in [1.54, 1.807) is 0 Å². The number of nitrogens with zero attached hydrogens (tertiary/aromatic N) is 2. The van der Waals surface area contributed by atoms with E-state index in [2.05, 4.69) is 59.3 Å². The minimum absolute atomic E-state index is 0.982. The number of nitrogens with one attached hydrogen (secondary N) is 1. The van der Waals surface area contributed by atoms with Crippen molar-refractivity contribution in [3.05, 3.63) is 83.7 Å². The van der Waals surface area contributed by atoms with Crippen LogP contribution < -0.4 is 5.43 Å². The Bertz CT molecular complexity index is 771. The molecule has 2 aromatic carbocycles. The van der Waals surface area contributed by atoms with Crippen molar-refractivity contribution in [2.45, 2.75) is 13.8 Å². The highest BCUT2D eigenvalue weighted by Gasteiger charge is 2.08. The van der Waals surface area contributed by atoms with Crippen LogP contribution in [0.15, 0.2) is 71.8 Å². The fourth-order valence-corrected chi connectivity index (χ4v) is 2.58. The number of benzene rings is 2. The van der Waals surface area contributed by atoms with Crippen molar-refractivity contribution < 1.29 is 0 Å². The number of hydrazone groups is 1. The van der Waals surface area contributed by atoms with E-state index in [-0.39, 0.29) is 0 Å². The SMILES string of the molecule is Cc1cc(C=NNc2ccccc2)c(C)n1-c1ccccc1. The smallest absolute Gasteiger partial charge is 0.0562 e. The highest BCUT2D eigenvalue weighted by atomic mass is 15.3. The van der Waals surface area contributed by atoms with Crippen molar-refractivity contribution in [2.75, 3.05) is 5.43 Å². The van der Waals surface area contributed by atoms with Gasteiger partial charge in [-0.25, -0.2) is 0 Å². The number of aromatic nitrogens is 1. The van der Waals surface area contributed by atoms with Gasteiger partial charge in [0.05, 0.1) is 11.9 Å². The van der Waals surface area contributed by atoms with Crippen LogP contribution in [0, 0.1) is 13.8 Å². The maximum Gasteiger partial charge on any atom is 0.0562 e. The summed E-state index contributed by atoms with van der Waals surface area (Å²) in [5.74, 6) is 0. The molecule has 1 N–H and O–H groups in total. The largest absolute Gasteiger partial charge is 0.318 e. The van der Waals surface area contributed by atoms with Gasteiger partial charge >= 0.3 is 0 Å². The molecule has 0 saturated heterocycles. The van der Waals surface area contributed by atoms with Crippen LogP contribution in [-0.2, 0) is 0 Å². The van der Waals surface area contributed by atoms with E-state index in [1.807, 2.05) is 42.6 Å². The molecule has 0 unspecified atom stereocenters. The summed E-state index contributed by atoms with van der Waals surface area (Å²) < 4.78 is 2.24. The molecule has 3 heteroatoms. The Balaban J connectivity index is 1.84. The zero-order chi connectivity index (χ0) is 15.4. The van der Waals surface area contributed by atoms with E-state index in [9.17, 15) is 0 Å². The Labute approximate surface area is 130 Å². The van der Waals surface area contributed by atoms with E-state index in [0.717, 1.165) is 11.3 Å². The lowest BCUT2D eigenvalue weighted by Gasteiger charge is -2.09. The monoisotopic (exact) mass is 289 g/mol. The lowest BCUT2D eigenvalue weighted by molar-refractivity contribution is 0.965. The highest BCUT2D eigenvalue weighted by molar-refractivity contribution is 5.82. The van der Waals surface area contributed by atoms with Gasteiger partial charge in [-0.05, 0) is 44.2 Å². The lowest BCUT2D eigenvalue weighted by Crippen LogP contribution is -1.99. The van der Waals surface area contributed by atoms with Crippen LogP contribution in [0.3, 0.4) is 0 Å². The van der Waals surface area contributed by atoms with Crippen LogP contribution in [0.25, 0.3) is 5.69 Å². The molecule has 0 aliphatic heterocycles. The molecule has 0 saturated carbocycles. The summed E-state index contributed by atoms with van der Waals surface area (Å²) in [5.41, 5.74) is 8.70. The van der Waals surface area contributed by atoms with Crippen molar-refractivity contribution in [2.24, 2.45) is 5.10 Å². The lowest BCUT2D eigenvalue weighted by atomic mass is 10.2. The van der Waals surface area contributed by atoms with Gasteiger partial charge in [-0.2, -0.15) is 5.10 Å². The molecule has 3 rings (SSSR count). The van der Waals surface area contributed by atoms with Gasteiger partial charge in [0, 0.05) is 22.6 Å². The second-order valence-corrected chi connectivity index (χ2v) is 5.23. The molecule has 0 bridgehead atoms. The first kappa shape index (κ1) is 14.1. The van der Waals surface area contributed by atoms with E-state index in [0.29, 0.717) is 0 Å². The van der Waals surface area contributed by atoms with Gasteiger partial charge in [-0.3, -0.25) is 5.43 Å². The topological polar surface area (TPSA) is 29.3 Å². The van der Waals surface area contributed by atoms with E-state index >= 15 is 0 Å². The van der Waals surface area contributed by atoms with Gasteiger partial charge in [0.2, 0.25) is 0 Å². The van der Waals surface area contributed by atoms with Crippen LogP contribution in [0.5, 0.6) is 0 Å². The average Bonchev–Trinajstić information content (AvgIpc) is 2.83. The second kappa shape index (κ2) is 6.31. The molecule has 0 spiro atoms. The Morgan fingerprint density at radius 1 is 0.909 bits per heavy atom. The zero-order valence-corrected chi connectivity index (χ0v) is 12.8. The summed E-state index contributed by atoms with van der Waals surface area (Å²) in [5, 5.41) is 4.33. The van der Waals surface area contributed by atoms with Gasteiger partial charge in [0.15, 0.2) is 0 Å². The molecule has 0 amide bonds. The normalized spacial score (nSPS) is 11.0. The third-order valence-electron chi connectivity index (χ3n) is 3.66. The number of hydrogen-bond donors (Lipinski definition) is 1. The summed E-state index contributed by atoms with van der Waals surface area (Å²) in [6, 6.07) is 22.5. The van der Waals surface area contributed by atoms with Crippen molar-refractivity contribution in [3.8, 4) is 5.69 Å². The van der Waals surface area contributed by atoms with Crippen LogP contribution in [0.1, 0.15) is 17.0 Å². The molecule has 0 aliphatic rings. The summed E-state index contributed by atoms with van der Waals surface area (Å²) >= 11 is 0. The summed E-state index contributed by atoms with van der Waals surface area (Å²) in [7, 11) is 0. The van der Waals surface area contributed by atoms with Crippen LogP contribution in [0.4, 0.5) is 5.69 Å². The van der Waals surface area contributed by atoms with Gasteiger partial charge in [-0.15, -0.1) is 0 Å². The van der Waals surface area contributed by atoms with Gasteiger partial charge in [-0.1, -0.05) is 36.4 Å². The maximum atomic E-state index is 4.33. The van der Waals surface area contributed by atoms with E-state index in [1.165, 1.54) is 17.1 Å². The first-order valence-electron chi connectivity index (χ1n) is 7.34. The third kappa shape index (κ3) is 2.93. The van der Waals surface area contributed by atoms with E-state index < -0.39 is 0 Å². The number of anilines is 1. The first-order valence-corrected chi connectivity index (χ1v) is 7.34. The average molecular weight is 289 g/mol. The summed E-state index contributed by atoms with van der Waals surface area (Å²) in [6.07, 6.45) is 1.87. The second-order valence-electron chi connectivity index (χ2n) is 5.23. The predicted octanol–water partition coefficient (Wildman–Crippen LogP) is 4.54. The Morgan fingerprint density at radius 3 is 2.23 bits per heavy atom. The van der Waals surface area contributed by atoms with Crippen LogP contribution in [-0.4, -0.2) is 10.8 Å². The molecule has 0 atom stereocenters. The van der Waals surface area contributed by atoms with E-state index in [4.69, 9.17) is 0 Å². The van der Waals surface area contributed by atoms with Gasteiger partial charge < -0.3 is 4.57 Å². The molecule has 0 radical (unpaired) electrons. The highest BCUT2D eigenvalue weighted by Crippen LogP contribution is 2.19. The quantitative estimate of drug-likeness (QED) is 0.554. The molecule has 0 fully saturated rings. The molecule has 0 aliphatic carbocycles. The number of hydrogen-bond acceptors (Lipinski definition) is 2. The molecule has 110 valence electrons. The van der Waals surface area contributed by atoms with Crippen LogP contribution >= 0.6 is 0 Å². The van der Waals surface area contributed by atoms with Crippen molar-refractivity contribution in [1.29, 1.82) is 0 Å². The predicted molar refractivity (Wildman–Crippen MR) is 92.9 cm³/mol. The van der Waals surface area contributed by atoms with Crippen molar-refractivity contribution in [1.82, 2.24) is 4.57 Å². The molecular formula is C19H19N3. The van der Waals surface area contributed by atoms with Crippen LogP contribution in [0.2, 0.25) is 0 Å². The van der Waals surface area contributed by atoms with Gasteiger partial charge in [0.25, 0.3) is 0 Å². The minimum atomic E-state index is 0.982. The molecule has 3 nitrogen and oxygen atoms in total. The molecular weight excluding hydrogens is 270 g/mol. The standard InChI is InChI=1S/C19H19N3/c1-15-13-17(14-20-21-18-9-5-3-6-10-18)16(2)22(15)19-11-7-4-8-12-19/h3-14,21H,1-2H3. The molecule has 22 heavy (non-hydrogen) atoms. The number of rotatable bonds is 4. The summed E-state index contributed by atoms with van der Waals surface area (Å²) in [6.45, 7) is 4.23. The molecule has 1 heterocycles. The van der Waals surface area contributed by atoms with Gasteiger partial charge in [0.1, 0.15) is 0 Å². The minimum Gasteiger partial charge on any atom is -0.318 e. The van der Waals surface area contributed by atoms with Crippen molar-refractivity contribution in [3.63, 3.8) is 0 Å². The Morgan fingerprint density at radius 2 is 1.55 bits per heavy atom. The zero-order valence-electron chi connectivity index (χ0n) is 12.8. The fraction of sp³-hybridized carbons (Fsp3) is 0.105.